The Morgan fingerprint density at radius 2 is 1.88 bits per heavy atom. The number of aryl methyl sites for hydroxylation is 2. The van der Waals surface area contributed by atoms with E-state index in [0.717, 1.165) is 18.4 Å². The van der Waals surface area contributed by atoms with E-state index in [1.165, 1.54) is 36.1 Å². The van der Waals surface area contributed by atoms with Crippen molar-refractivity contribution in [2.75, 3.05) is 0 Å². The molecule has 0 bridgehead atoms. The Hall–Kier alpha value is -2.36. The summed E-state index contributed by atoms with van der Waals surface area (Å²) in [6, 6.07) is 12.5. The van der Waals surface area contributed by atoms with Crippen LogP contribution in [0.1, 0.15) is 55.8 Å². The normalized spacial score (nSPS) is 15.7. The van der Waals surface area contributed by atoms with Crippen molar-refractivity contribution in [1.29, 1.82) is 0 Å². The van der Waals surface area contributed by atoms with Crippen LogP contribution in [-0.4, -0.2) is 12.0 Å². The summed E-state index contributed by atoms with van der Waals surface area (Å²) >= 11 is 0. The van der Waals surface area contributed by atoms with E-state index in [2.05, 4.69) is 23.5 Å². The number of carbonyl (C=O) groups excluding carboxylic acids is 1. The number of halogens is 1. The summed E-state index contributed by atoms with van der Waals surface area (Å²) in [4.78, 5) is 12.6. The SMILES string of the molecule is CCC(Oc1ccccc1F)C(=O)NC(C)c1ccc2c(c1)CCCC2. The zero-order valence-corrected chi connectivity index (χ0v) is 15.4. The molecule has 2 atom stereocenters. The van der Waals surface area contributed by atoms with Gasteiger partial charge in [-0.2, -0.15) is 0 Å². The minimum Gasteiger partial charge on any atom is -0.478 e. The smallest absolute Gasteiger partial charge is 0.261 e. The second-order valence-electron chi connectivity index (χ2n) is 6.91. The minimum atomic E-state index is -0.716. The van der Waals surface area contributed by atoms with Gasteiger partial charge in [-0.05, 0) is 67.9 Å². The van der Waals surface area contributed by atoms with Gasteiger partial charge in [0, 0.05) is 0 Å². The summed E-state index contributed by atoms with van der Waals surface area (Å²) in [5.74, 6) is -0.571. The number of hydrogen-bond donors (Lipinski definition) is 1. The topological polar surface area (TPSA) is 38.3 Å². The predicted molar refractivity (Wildman–Crippen MR) is 101 cm³/mol. The van der Waals surface area contributed by atoms with E-state index in [1.807, 2.05) is 13.8 Å². The number of amides is 1. The molecule has 0 aliphatic heterocycles. The van der Waals surface area contributed by atoms with E-state index in [1.54, 1.807) is 12.1 Å². The van der Waals surface area contributed by atoms with Gasteiger partial charge in [0.05, 0.1) is 6.04 Å². The van der Waals surface area contributed by atoms with Crippen LogP contribution < -0.4 is 10.1 Å². The van der Waals surface area contributed by atoms with Gasteiger partial charge in [-0.3, -0.25) is 4.79 Å². The van der Waals surface area contributed by atoms with Gasteiger partial charge in [-0.15, -0.1) is 0 Å². The van der Waals surface area contributed by atoms with Crippen molar-refractivity contribution in [2.45, 2.75) is 58.1 Å². The Morgan fingerprint density at radius 3 is 2.62 bits per heavy atom. The summed E-state index contributed by atoms with van der Waals surface area (Å²) in [5.41, 5.74) is 3.91. The second-order valence-corrected chi connectivity index (χ2v) is 6.91. The van der Waals surface area contributed by atoms with Crippen molar-refractivity contribution in [3.05, 3.63) is 65.0 Å². The third-order valence-corrected chi connectivity index (χ3v) is 5.00. The molecule has 0 saturated heterocycles. The molecule has 3 rings (SSSR count). The maximum atomic E-state index is 13.8. The summed E-state index contributed by atoms with van der Waals surface area (Å²) in [5, 5.41) is 3.01. The first kappa shape index (κ1) is 18.4. The van der Waals surface area contributed by atoms with Crippen LogP contribution in [0, 0.1) is 5.82 Å². The van der Waals surface area contributed by atoms with Gasteiger partial charge in [0.1, 0.15) is 0 Å². The highest BCUT2D eigenvalue weighted by molar-refractivity contribution is 5.81. The molecule has 4 heteroatoms. The largest absolute Gasteiger partial charge is 0.478 e. The van der Waals surface area contributed by atoms with Crippen molar-refractivity contribution >= 4 is 5.91 Å². The van der Waals surface area contributed by atoms with Gasteiger partial charge in [0.2, 0.25) is 0 Å². The third kappa shape index (κ3) is 4.24. The van der Waals surface area contributed by atoms with Gasteiger partial charge in [0.25, 0.3) is 5.91 Å². The summed E-state index contributed by atoms with van der Waals surface area (Å²) in [7, 11) is 0. The van der Waals surface area contributed by atoms with Crippen LogP contribution in [-0.2, 0) is 17.6 Å². The van der Waals surface area contributed by atoms with E-state index in [4.69, 9.17) is 4.74 Å². The van der Waals surface area contributed by atoms with Gasteiger partial charge in [0.15, 0.2) is 17.7 Å². The zero-order valence-electron chi connectivity index (χ0n) is 15.4. The average Bonchev–Trinajstić information content (AvgIpc) is 2.66. The fourth-order valence-corrected chi connectivity index (χ4v) is 3.43. The molecule has 2 aromatic carbocycles. The number of fused-ring (bicyclic) bond motifs is 1. The Kier molecular flexibility index (Phi) is 5.92. The molecular formula is C22H26FNO2. The highest BCUT2D eigenvalue weighted by Crippen LogP contribution is 2.25. The molecule has 26 heavy (non-hydrogen) atoms. The van der Waals surface area contributed by atoms with Crippen LogP contribution in [0.15, 0.2) is 42.5 Å². The van der Waals surface area contributed by atoms with E-state index < -0.39 is 11.9 Å². The van der Waals surface area contributed by atoms with Crippen LogP contribution in [0.5, 0.6) is 5.75 Å². The molecule has 0 saturated carbocycles. The molecule has 0 fully saturated rings. The quantitative estimate of drug-likeness (QED) is 0.813. The molecule has 0 aromatic heterocycles. The molecule has 138 valence electrons. The average molecular weight is 355 g/mol. The lowest BCUT2D eigenvalue weighted by atomic mass is 9.89. The molecule has 3 nitrogen and oxygen atoms in total. The lowest BCUT2D eigenvalue weighted by Crippen LogP contribution is -2.39. The number of carbonyl (C=O) groups is 1. The molecule has 1 N–H and O–H groups in total. The van der Waals surface area contributed by atoms with Gasteiger partial charge >= 0.3 is 0 Å². The Bertz CT molecular complexity index is 774. The Balaban J connectivity index is 1.66. The van der Waals surface area contributed by atoms with Crippen molar-refractivity contribution in [1.82, 2.24) is 5.32 Å². The number of rotatable bonds is 6. The number of ether oxygens (including phenoxy) is 1. The van der Waals surface area contributed by atoms with Crippen LogP contribution in [0.4, 0.5) is 4.39 Å². The van der Waals surface area contributed by atoms with Crippen molar-refractivity contribution in [2.24, 2.45) is 0 Å². The lowest BCUT2D eigenvalue weighted by molar-refractivity contribution is -0.128. The lowest BCUT2D eigenvalue weighted by Gasteiger charge is -2.23. The van der Waals surface area contributed by atoms with E-state index >= 15 is 0 Å². The first-order valence-electron chi connectivity index (χ1n) is 9.41. The third-order valence-electron chi connectivity index (χ3n) is 5.00. The van der Waals surface area contributed by atoms with Gasteiger partial charge < -0.3 is 10.1 Å². The highest BCUT2D eigenvalue weighted by atomic mass is 19.1. The molecule has 2 unspecified atom stereocenters. The highest BCUT2D eigenvalue weighted by Gasteiger charge is 2.22. The fraction of sp³-hybridized carbons (Fsp3) is 0.409. The number of benzene rings is 2. The minimum absolute atomic E-state index is 0.107. The maximum absolute atomic E-state index is 13.8. The van der Waals surface area contributed by atoms with Crippen molar-refractivity contribution in [3.63, 3.8) is 0 Å². The Labute approximate surface area is 154 Å². The number of nitrogens with one attached hydrogen (secondary N) is 1. The molecule has 0 spiro atoms. The standard InChI is InChI=1S/C22H26FNO2/c1-3-20(26-21-11-7-6-10-19(21)23)22(25)24-15(2)17-13-12-16-8-4-5-9-18(16)14-17/h6-7,10-15,20H,3-5,8-9H2,1-2H3,(H,24,25). The van der Waals surface area contributed by atoms with Crippen LogP contribution in [0.2, 0.25) is 0 Å². The molecule has 0 radical (unpaired) electrons. The number of para-hydroxylation sites is 1. The van der Waals surface area contributed by atoms with Crippen LogP contribution in [0.25, 0.3) is 0 Å². The van der Waals surface area contributed by atoms with Crippen LogP contribution in [0.3, 0.4) is 0 Å². The molecule has 1 amide bonds. The first-order valence-corrected chi connectivity index (χ1v) is 9.41. The molecule has 1 aliphatic rings. The molecule has 0 heterocycles. The molecule has 2 aromatic rings. The van der Waals surface area contributed by atoms with Crippen molar-refractivity contribution in [3.8, 4) is 5.75 Å². The monoisotopic (exact) mass is 355 g/mol. The van der Waals surface area contributed by atoms with Gasteiger partial charge in [-0.25, -0.2) is 4.39 Å². The van der Waals surface area contributed by atoms with Crippen LogP contribution >= 0.6 is 0 Å². The summed E-state index contributed by atoms with van der Waals surface area (Å²) in [6.07, 6.45) is 4.49. The van der Waals surface area contributed by atoms with Crippen molar-refractivity contribution < 1.29 is 13.9 Å². The van der Waals surface area contributed by atoms with Gasteiger partial charge in [-0.1, -0.05) is 37.3 Å². The van der Waals surface area contributed by atoms with E-state index in [-0.39, 0.29) is 17.7 Å². The van der Waals surface area contributed by atoms with E-state index in [9.17, 15) is 9.18 Å². The fourth-order valence-electron chi connectivity index (χ4n) is 3.43. The second kappa shape index (κ2) is 8.35. The Morgan fingerprint density at radius 1 is 1.15 bits per heavy atom. The molecule has 1 aliphatic carbocycles. The summed E-state index contributed by atoms with van der Waals surface area (Å²) < 4.78 is 19.4. The predicted octanol–water partition coefficient (Wildman–Crippen LogP) is 4.74. The van der Waals surface area contributed by atoms with E-state index in [0.29, 0.717) is 6.42 Å². The molecular weight excluding hydrogens is 329 g/mol. The maximum Gasteiger partial charge on any atom is 0.261 e. The number of hydrogen-bond acceptors (Lipinski definition) is 2. The zero-order chi connectivity index (χ0) is 18.5. The summed E-state index contributed by atoms with van der Waals surface area (Å²) in [6.45, 7) is 3.83. The first-order chi connectivity index (χ1) is 12.6.